The van der Waals surface area contributed by atoms with Gasteiger partial charge >= 0.3 is 0 Å². The number of hydrogen-bond donors (Lipinski definition) is 2. The molecule has 3 rings (SSSR count). The van der Waals surface area contributed by atoms with E-state index in [-0.39, 0.29) is 0 Å². The van der Waals surface area contributed by atoms with E-state index in [1.165, 1.54) is 36.9 Å². The zero-order chi connectivity index (χ0) is 19.9. The second kappa shape index (κ2) is 9.69. The molecule has 28 heavy (non-hydrogen) atoms. The van der Waals surface area contributed by atoms with Crippen molar-refractivity contribution in [3.05, 3.63) is 59.2 Å². The summed E-state index contributed by atoms with van der Waals surface area (Å²) in [5, 5.41) is 8.15. The van der Waals surface area contributed by atoms with Crippen molar-refractivity contribution in [2.24, 2.45) is 5.10 Å². The number of anilines is 2. The number of benzene rings is 2. The number of nitrogens with one attached hydrogen (secondary N) is 2. The molecule has 1 heterocycles. The molecule has 0 amide bonds. The topological polar surface area (TPSA) is 39.7 Å². The van der Waals surface area contributed by atoms with Crippen LogP contribution in [0.25, 0.3) is 0 Å². The Hall–Kier alpha value is -2.40. The second-order valence-electron chi connectivity index (χ2n) is 7.53. The molecule has 4 nitrogen and oxygen atoms in total. The first-order valence-electron chi connectivity index (χ1n) is 10.1. The Balaban J connectivity index is 1.58. The van der Waals surface area contributed by atoms with Gasteiger partial charge in [-0.05, 0) is 75.2 Å². The Bertz CT molecular complexity index is 834. The van der Waals surface area contributed by atoms with Crippen LogP contribution in [0.1, 0.15) is 49.3 Å². The number of aryl methyl sites for hydroxylation is 2. The van der Waals surface area contributed by atoms with E-state index in [9.17, 15) is 0 Å². The fraction of sp³-hybridized carbons (Fsp3) is 0.391. The van der Waals surface area contributed by atoms with Gasteiger partial charge in [0.05, 0.1) is 5.71 Å². The number of hydrogen-bond acceptors (Lipinski definition) is 3. The zero-order valence-corrected chi connectivity index (χ0v) is 17.9. The van der Waals surface area contributed by atoms with Gasteiger partial charge in [-0.25, -0.2) is 0 Å². The van der Waals surface area contributed by atoms with Gasteiger partial charge in [0.2, 0.25) is 0 Å². The lowest BCUT2D eigenvalue weighted by molar-refractivity contribution is 0.726. The lowest BCUT2D eigenvalue weighted by Crippen LogP contribution is -2.25. The molecule has 1 aliphatic rings. The fourth-order valence-electron chi connectivity index (χ4n) is 3.55. The van der Waals surface area contributed by atoms with Crippen LogP contribution in [0.15, 0.2) is 47.6 Å². The molecule has 0 atom stereocenters. The number of hydrazone groups is 1. The van der Waals surface area contributed by atoms with Crippen molar-refractivity contribution in [2.75, 3.05) is 23.3 Å². The molecule has 2 aromatic carbocycles. The van der Waals surface area contributed by atoms with E-state index in [0.717, 1.165) is 35.6 Å². The standard InChI is InChI=1S/C23H30N4S/c1-17-8-13-22(18(2)16-17)24-23(28)26-25-19(3)20-9-11-21(12-10-20)27-14-6-4-5-7-15-27/h8-13,16H,4-7,14-15H2,1-3H3,(H2,24,26,28). The Morgan fingerprint density at radius 3 is 2.29 bits per heavy atom. The Kier molecular flexibility index (Phi) is 7.04. The highest BCUT2D eigenvalue weighted by atomic mass is 32.1. The van der Waals surface area contributed by atoms with Crippen molar-refractivity contribution in [3.8, 4) is 0 Å². The minimum absolute atomic E-state index is 0.493. The van der Waals surface area contributed by atoms with Gasteiger partial charge in [-0.1, -0.05) is 42.7 Å². The molecule has 0 radical (unpaired) electrons. The molecule has 148 valence electrons. The molecule has 0 aliphatic carbocycles. The largest absolute Gasteiger partial charge is 0.372 e. The van der Waals surface area contributed by atoms with E-state index in [0.29, 0.717) is 5.11 Å². The molecular formula is C23H30N4S. The molecular weight excluding hydrogens is 364 g/mol. The van der Waals surface area contributed by atoms with Gasteiger partial charge < -0.3 is 10.2 Å². The minimum Gasteiger partial charge on any atom is -0.372 e. The Morgan fingerprint density at radius 2 is 1.64 bits per heavy atom. The highest BCUT2D eigenvalue weighted by Gasteiger charge is 2.10. The van der Waals surface area contributed by atoms with E-state index in [1.54, 1.807) is 0 Å². The highest BCUT2D eigenvalue weighted by molar-refractivity contribution is 7.80. The maximum Gasteiger partial charge on any atom is 0.191 e. The van der Waals surface area contributed by atoms with E-state index in [2.05, 4.69) is 71.0 Å². The smallest absolute Gasteiger partial charge is 0.191 e. The van der Waals surface area contributed by atoms with Gasteiger partial charge in [-0.3, -0.25) is 5.43 Å². The van der Waals surface area contributed by atoms with Crippen LogP contribution in [0.4, 0.5) is 11.4 Å². The van der Waals surface area contributed by atoms with Gasteiger partial charge in [0, 0.05) is 24.5 Å². The van der Waals surface area contributed by atoms with Gasteiger partial charge in [-0.15, -0.1) is 0 Å². The van der Waals surface area contributed by atoms with Crippen LogP contribution < -0.4 is 15.6 Å². The summed E-state index contributed by atoms with van der Waals surface area (Å²) < 4.78 is 0. The molecule has 0 bridgehead atoms. The zero-order valence-electron chi connectivity index (χ0n) is 17.1. The number of nitrogens with zero attached hydrogens (tertiary/aromatic N) is 2. The molecule has 1 fully saturated rings. The molecule has 5 heteroatoms. The van der Waals surface area contributed by atoms with Crippen LogP contribution in [-0.4, -0.2) is 23.9 Å². The monoisotopic (exact) mass is 394 g/mol. The maximum atomic E-state index is 5.38. The molecule has 2 aromatic rings. The summed E-state index contributed by atoms with van der Waals surface area (Å²) in [6.45, 7) is 8.46. The van der Waals surface area contributed by atoms with E-state index in [4.69, 9.17) is 12.2 Å². The lowest BCUT2D eigenvalue weighted by atomic mass is 10.1. The molecule has 2 N–H and O–H groups in total. The van der Waals surface area contributed by atoms with Crippen LogP contribution in [0.3, 0.4) is 0 Å². The summed E-state index contributed by atoms with van der Waals surface area (Å²) >= 11 is 5.38. The first-order valence-corrected chi connectivity index (χ1v) is 10.5. The summed E-state index contributed by atoms with van der Waals surface area (Å²) in [6.07, 6.45) is 5.28. The quantitative estimate of drug-likeness (QED) is 0.414. The highest BCUT2D eigenvalue weighted by Crippen LogP contribution is 2.20. The van der Waals surface area contributed by atoms with E-state index in [1.807, 2.05) is 13.0 Å². The van der Waals surface area contributed by atoms with Crippen LogP contribution in [0.2, 0.25) is 0 Å². The average molecular weight is 395 g/mol. The first kappa shape index (κ1) is 20.3. The molecule has 0 aromatic heterocycles. The fourth-order valence-corrected chi connectivity index (χ4v) is 3.70. The van der Waals surface area contributed by atoms with Crippen molar-refractivity contribution >= 4 is 34.4 Å². The van der Waals surface area contributed by atoms with Crippen molar-refractivity contribution in [1.29, 1.82) is 0 Å². The number of rotatable bonds is 4. The van der Waals surface area contributed by atoms with Crippen molar-refractivity contribution in [3.63, 3.8) is 0 Å². The average Bonchev–Trinajstić information content (AvgIpc) is 2.98. The van der Waals surface area contributed by atoms with Crippen molar-refractivity contribution in [1.82, 2.24) is 5.43 Å². The first-order chi connectivity index (χ1) is 13.5. The number of thiocarbonyl (C=S) groups is 1. The summed E-state index contributed by atoms with van der Waals surface area (Å²) in [5.74, 6) is 0. The summed E-state index contributed by atoms with van der Waals surface area (Å²) in [5.41, 5.74) is 9.66. The predicted octanol–water partition coefficient (Wildman–Crippen LogP) is 5.39. The molecule has 0 saturated carbocycles. The maximum absolute atomic E-state index is 5.38. The van der Waals surface area contributed by atoms with Gasteiger partial charge in [0.25, 0.3) is 0 Å². The Morgan fingerprint density at radius 1 is 0.964 bits per heavy atom. The lowest BCUT2D eigenvalue weighted by Gasteiger charge is -2.22. The van der Waals surface area contributed by atoms with E-state index < -0.39 is 0 Å². The normalized spacial score (nSPS) is 15.1. The minimum atomic E-state index is 0.493. The van der Waals surface area contributed by atoms with E-state index >= 15 is 0 Å². The van der Waals surface area contributed by atoms with Crippen LogP contribution in [0, 0.1) is 13.8 Å². The third-order valence-electron chi connectivity index (χ3n) is 5.21. The third-order valence-corrected chi connectivity index (χ3v) is 5.40. The Labute approximate surface area is 174 Å². The van der Waals surface area contributed by atoms with Crippen LogP contribution >= 0.6 is 12.2 Å². The second-order valence-corrected chi connectivity index (χ2v) is 7.94. The molecule has 1 saturated heterocycles. The predicted molar refractivity (Wildman–Crippen MR) is 125 cm³/mol. The summed E-state index contributed by atoms with van der Waals surface area (Å²) in [6, 6.07) is 14.9. The third kappa shape index (κ3) is 5.55. The van der Waals surface area contributed by atoms with Crippen LogP contribution in [-0.2, 0) is 0 Å². The van der Waals surface area contributed by atoms with Gasteiger partial charge in [-0.2, -0.15) is 5.10 Å². The van der Waals surface area contributed by atoms with Gasteiger partial charge in [0.15, 0.2) is 5.11 Å². The molecule has 1 aliphatic heterocycles. The molecule has 0 spiro atoms. The summed E-state index contributed by atoms with van der Waals surface area (Å²) in [7, 11) is 0. The van der Waals surface area contributed by atoms with Crippen LogP contribution in [0.5, 0.6) is 0 Å². The van der Waals surface area contributed by atoms with Crippen molar-refractivity contribution in [2.45, 2.75) is 46.5 Å². The SMILES string of the molecule is CC(=NNC(=S)Nc1ccc(C)cc1C)c1ccc(N2CCCCCC2)cc1. The summed E-state index contributed by atoms with van der Waals surface area (Å²) in [4.78, 5) is 2.49. The van der Waals surface area contributed by atoms with Crippen molar-refractivity contribution < 1.29 is 0 Å². The van der Waals surface area contributed by atoms with Gasteiger partial charge in [0.1, 0.15) is 0 Å². The molecule has 0 unspecified atom stereocenters.